The van der Waals surface area contributed by atoms with Crippen molar-refractivity contribution in [3.8, 4) is 5.75 Å². The molecule has 0 aliphatic carbocycles. The van der Waals surface area contributed by atoms with Gasteiger partial charge in [-0.15, -0.1) is 0 Å². The fourth-order valence-electron chi connectivity index (χ4n) is 3.35. The van der Waals surface area contributed by atoms with Crippen molar-refractivity contribution in [2.45, 2.75) is 13.5 Å². The van der Waals surface area contributed by atoms with Crippen molar-refractivity contribution in [2.75, 3.05) is 5.01 Å². The first kappa shape index (κ1) is 24.6. The molecule has 1 heterocycles. The number of carbonyl (C=O) groups excluding carboxylic acids is 1. The van der Waals surface area contributed by atoms with Gasteiger partial charge >= 0.3 is 5.97 Å². The Morgan fingerprint density at radius 2 is 1.47 bits per heavy atom. The van der Waals surface area contributed by atoms with E-state index in [1.54, 1.807) is 36.4 Å². The van der Waals surface area contributed by atoms with E-state index in [4.69, 9.17) is 9.84 Å². The van der Waals surface area contributed by atoms with E-state index in [9.17, 15) is 31.5 Å². The van der Waals surface area contributed by atoms with Crippen LogP contribution in [-0.4, -0.2) is 22.7 Å². The highest BCUT2D eigenvalue weighted by molar-refractivity contribution is 6.32. The quantitative estimate of drug-likeness (QED) is 0.210. The third-order valence-corrected chi connectivity index (χ3v) is 5.26. The first-order chi connectivity index (χ1) is 17.1. The summed E-state index contributed by atoms with van der Waals surface area (Å²) >= 11 is 0. The molecular formula is C25H15F5N2O4. The summed E-state index contributed by atoms with van der Waals surface area (Å²) in [6.45, 7) is 1.52. The first-order valence-corrected chi connectivity index (χ1v) is 10.3. The van der Waals surface area contributed by atoms with Crippen LogP contribution in [0.5, 0.6) is 5.75 Å². The minimum atomic E-state index is -2.34. The van der Waals surface area contributed by atoms with Crippen molar-refractivity contribution in [3.63, 3.8) is 0 Å². The normalized spacial score (nSPS) is 14.4. The van der Waals surface area contributed by atoms with Crippen LogP contribution in [0.15, 0.2) is 59.2 Å². The maximum atomic E-state index is 14.2. The molecule has 3 aromatic carbocycles. The number of carboxylic acid groups (broad SMARTS) is 1. The zero-order chi connectivity index (χ0) is 26.1. The number of carbonyl (C=O) groups is 2. The number of aromatic carboxylic acids is 1. The predicted octanol–water partition coefficient (Wildman–Crippen LogP) is 5.47. The molecule has 0 bridgehead atoms. The monoisotopic (exact) mass is 502 g/mol. The molecule has 0 saturated carbocycles. The third-order valence-electron chi connectivity index (χ3n) is 5.26. The minimum absolute atomic E-state index is 0.00840. The summed E-state index contributed by atoms with van der Waals surface area (Å²) in [4.78, 5) is 23.6. The second-order valence-corrected chi connectivity index (χ2v) is 7.64. The smallest absolute Gasteiger partial charge is 0.335 e. The summed E-state index contributed by atoms with van der Waals surface area (Å²) in [5, 5.41) is 12.8. The molecule has 0 unspecified atom stereocenters. The SMILES string of the molecule is CC1=NN(c2c(F)c(F)c(F)c(F)c2F)C(=O)/C1=C/c1ccc(OCc2ccc(C(=O)O)cc2)cc1. The Morgan fingerprint density at radius 3 is 2.03 bits per heavy atom. The van der Waals surface area contributed by atoms with Crippen LogP contribution < -0.4 is 9.75 Å². The van der Waals surface area contributed by atoms with Gasteiger partial charge in [-0.2, -0.15) is 10.1 Å². The van der Waals surface area contributed by atoms with E-state index >= 15 is 0 Å². The molecule has 3 aromatic rings. The van der Waals surface area contributed by atoms with Gasteiger partial charge in [-0.05, 0) is 48.4 Å². The van der Waals surface area contributed by atoms with Crippen molar-refractivity contribution in [1.82, 2.24) is 0 Å². The molecule has 11 heteroatoms. The van der Waals surface area contributed by atoms with Crippen LogP contribution in [0.3, 0.4) is 0 Å². The molecule has 1 aliphatic heterocycles. The lowest BCUT2D eigenvalue weighted by atomic mass is 10.1. The number of rotatable bonds is 6. The Morgan fingerprint density at radius 1 is 0.917 bits per heavy atom. The van der Waals surface area contributed by atoms with Crippen LogP contribution in [-0.2, 0) is 11.4 Å². The van der Waals surface area contributed by atoms with E-state index in [1.807, 2.05) is 0 Å². The fourth-order valence-corrected chi connectivity index (χ4v) is 3.35. The number of hydrogen-bond acceptors (Lipinski definition) is 4. The molecule has 0 spiro atoms. The summed E-state index contributed by atoms with van der Waals surface area (Å²) < 4.78 is 74.5. The molecule has 184 valence electrons. The lowest BCUT2D eigenvalue weighted by Crippen LogP contribution is -2.25. The summed E-state index contributed by atoms with van der Waals surface area (Å²) in [6.07, 6.45) is 1.35. The van der Waals surface area contributed by atoms with Gasteiger partial charge in [0.25, 0.3) is 5.91 Å². The van der Waals surface area contributed by atoms with E-state index in [1.165, 1.54) is 25.1 Å². The highest BCUT2D eigenvalue weighted by Crippen LogP contribution is 2.34. The molecule has 1 amide bonds. The molecular weight excluding hydrogens is 487 g/mol. The topological polar surface area (TPSA) is 79.2 Å². The third kappa shape index (κ3) is 4.54. The van der Waals surface area contributed by atoms with E-state index in [2.05, 4.69) is 5.10 Å². The summed E-state index contributed by atoms with van der Waals surface area (Å²) in [6, 6.07) is 12.5. The Bertz CT molecular complexity index is 1410. The number of ether oxygens (including phenoxy) is 1. The van der Waals surface area contributed by atoms with Gasteiger partial charge in [-0.25, -0.2) is 26.7 Å². The van der Waals surface area contributed by atoms with Gasteiger partial charge in [-0.1, -0.05) is 24.3 Å². The number of amides is 1. The minimum Gasteiger partial charge on any atom is -0.489 e. The highest BCUT2D eigenvalue weighted by Gasteiger charge is 2.37. The van der Waals surface area contributed by atoms with Crippen LogP contribution >= 0.6 is 0 Å². The maximum absolute atomic E-state index is 14.2. The largest absolute Gasteiger partial charge is 0.489 e. The highest BCUT2D eigenvalue weighted by atomic mass is 19.2. The number of hydrogen-bond donors (Lipinski definition) is 1. The summed E-state index contributed by atoms with van der Waals surface area (Å²) in [5.41, 5.74) is -0.192. The number of anilines is 1. The number of halogens is 5. The summed E-state index contributed by atoms with van der Waals surface area (Å²) in [5.74, 6) is -12.7. The van der Waals surface area contributed by atoms with E-state index < -0.39 is 46.6 Å². The van der Waals surface area contributed by atoms with Gasteiger partial charge in [0.1, 0.15) is 18.0 Å². The number of nitrogens with zero attached hydrogens (tertiary/aromatic N) is 2. The lowest BCUT2D eigenvalue weighted by molar-refractivity contribution is -0.114. The van der Waals surface area contributed by atoms with Crippen LogP contribution in [0.4, 0.5) is 27.6 Å². The second-order valence-electron chi connectivity index (χ2n) is 7.64. The molecule has 0 atom stereocenters. The van der Waals surface area contributed by atoms with Crippen molar-refractivity contribution in [3.05, 3.63) is 99.9 Å². The van der Waals surface area contributed by atoms with Gasteiger partial charge in [0.15, 0.2) is 23.3 Å². The van der Waals surface area contributed by atoms with Crippen LogP contribution in [0.1, 0.15) is 28.4 Å². The molecule has 36 heavy (non-hydrogen) atoms. The van der Waals surface area contributed by atoms with Crippen molar-refractivity contribution in [1.29, 1.82) is 0 Å². The zero-order valence-electron chi connectivity index (χ0n) is 18.4. The van der Waals surface area contributed by atoms with E-state index in [0.717, 1.165) is 5.56 Å². The Balaban J connectivity index is 1.50. The summed E-state index contributed by atoms with van der Waals surface area (Å²) in [7, 11) is 0. The molecule has 1 aliphatic rings. The standard InChI is InChI=1S/C25H15F5N2O4/c1-12-17(24(33)32(31-12)23-21(29)19(27)18(26)20(28)22(23)30)10-13-4-8-16(9-5-13)36-11-14-2-6-15(7-3-14)25(34)35/h2-10H,11H2,1H3,(H,34,35)/b17-10+. The average Bonchev–Trinajstić information content (AvgIpc) is 3.14. The molecule has 0 radical (unpaired) electrons. The van der Waals surface area contributed by atoms with Crippen molar-refractivity contribution < 1.29 is 41.4 Å². The Kier molecular flexibility index (Phi) is 6.56. The predicted molar refractivity (Wildman–Crippen MR) is 119 cm³/mol. The molecule has 0 aromatic heterocycles. The van der Waals surface area contributed by atoms with Gasteiger partial charge < -0.3 is 9.84 Å². The second kappa shape index (κ2) is 9.61. The van der Waals surface area contributed by atoms with Gasteiger partial charge in [0.05, 0.1) is 16.8 Å². The first-order valence-electron chi connectivity index (χ1n) is 10.3. The molecule has 6 nitrogen and oxygen atoms in total. The Hall–Kier alpha value is -4.54. The van der Waals surface area contributed by atoms with Crippen molar-refractivity contribution in [2.24, 2.45) is 5.10 Å². The number of hydrazone groups is 1. The van der Waals surface area contributed by atoms with Crippen LogP contribution in [0.2, 0.25) is 0 Å². The fraction of sp³-hybridized carbons (Fsp3) is 0.0800. The molecule has 0 fully saturated rings. The van der Waals surface area contributed by atoms with Gasteiger partial charge in [0, 0.05) is 0 Å². The average molecular weight is 502 g/mol. The number of carboxylic acids is 1. The van der Waals surface area contributed by atoms with Crippen LogP contribution in [0, 0.1) is 29.1 Å². The van der Waals surface area contributed by atoms with Crippen LogP contribution in [0.25, 0.3) is 6.08 Å². The van der Waals surface area contributed by atoms with E-state index in [-0.39, 0.29) is 28.5 Å². The van der Waals surface area contributed by atoms with Gasteiger partial charge in [-0.3, -0.25) is 4.79 Å². The lowest BCUT2D eigenvalue weighted by Gasteiger charge is -2.15. The van der Waals surface area contributed by atoms with E-state index in [0.29, 0.717) is 11.3 Å². The zero-order valence-corrected chi connectivity index (χ0v) is 18.4. The maximum Gasteiger partial charge on any atom is 0.335 e. The molecule has 4 rings (SSSR count). The molecule has 1 N–H and O–H groups in total. The number of benzene rings is 3. The van der Waals surface area contributed by atoms with Gasteiger partial charge in [0.2, 0.25) is 5.82 Å². The van der Waals surface area contributed by atoms with Crippen molar-refractivity contribution >= 4 is 29.4 Å². The Labute approximate surface area is 200 Å². The molecule has 0 saturated heterocycles.